The first-order valence-corrected chi connectivity index (χ1v) is 10.7. The average Bonchev–Trinajstić information content (AvgIpc) is 3.16. The monoisotopic (exact) mass is 417 g/mol. The van der Waals surface area contributed by atoms with Gasteiger partial charge in [-0.2, -0.15) is 10.1 Å². The van der Waals surface area contributed by atoms with Crippen molar-refractivity contribution in [3.8, 4) is 40.0 Å². The number of rotatable bonds is 4. The van der Waals surface area contributed by atoms with Crippen LogP contribution in [0, 0.1) is 0 Å². The molecule has 158 valence electrons. The third-order valence-electron chi connectivity index (χ3n) is 6.37. The van der Waals surface area contributed by atoms with Crippen LogP contribution in [0.2, 0.25) is 0 Å². The van der Waals surface area contributed by atoms with Crippen LogP contribution in [0.3, 0.4) is 0 Å². The summed E-state index contributed by atoms with van der Waals surface area (Å²) in [6, 6.07) is 9.63. The number of nitrogens with one attached hydrogen (secondary N) is 1. The maximum absolute atomic E-state index is 6.12. The zero-order chi connectivity index (χ0) is 20.8. The lowest BCUT2D eigenvalue weighted by Crippen LogP contribution is -2.42. The highest BCUT2D eigenvalue weighted by molar-refractivity contribution is 5.77. The van der Waals surface area contributed by atoms with E-state index in [1.165, 1.54) is 12.8 Å². The van der Waals surface area contributed by atoms with Crippen LogP contribution >= 0.6 is 0 Å². The quantitative estimate of drug-likeness (QED) is 0.692. The molecule has 0 amide bonds. The zero-order valence-corrected chi connectivity index (χ0v) is 17.2. The lowest BCUT2D eigenvalue weighted by Gasteiger charge is -2.29. The molecule has 31 heavy (non-hydrogen) atoms. The Balaban J connectivity index is 1.25. The van der Waals surface area contributed by atoms with Crippen LogP contribution in [-0.4, -0.2) is 45.5 Å². The molecule has 1 aromatic carbocycles. The normalized spacial score (nSPS) is 23.5. The maximum atomic E-state index is 6.12. The molecule has 2 aromatic heterocycles. The zero-order valence-electron chi connectivity index (χ0n) is 17.2. The van der Waals surface area contributed by atoms with E-state index in [9.17, 15) is 0 Å². The first-order valence-electron chi connectivity index (χ1n) is 10.7. The number of piperidine rings is 1. The lowest BCUT2D eigenvalue weighted by molar-refractivity contribution is 0.124. The smallest absolute Gasteiger partial charge is 0.319 e. The summed E-state index contributed by atoms with van der Waals surface area (Å²) >= 11 is 0. The van der Waals surface area contributed by atoms with Gasteiger partial charge in [0.1, 0.15) is 12.7 Å². The van der Waals surface area contributed by atoms with E-state index >= 15 is 0 Å². The standard InChI is InChI=1S/C23H23N5O3/c1-29-21-7-14(10-25-28-21)13-2-5-19-15(6-13)12-30-22-20(19)11-24-23(27-22)31-18-8-16-3-4-17(9-18)26-16/h2,5-7,10-11,16-18,26H,3-4,8-9,12H2,1H3/t16-,17+,18?. The molecule has 2 bridgehead atoms. The molecule has 5 heterocycles. The average molecular weight is 417 g/mol. The van der Waals surface area contributed by atoms with Crippen molar-refractivity contribution in [2.75, 3.05) is 7.11 Å². The third kappa shape index (κ3) is 3.46. The van der Waals surface area contributed by atoms with E-state index in [0.29, 0.717) is 36.5 Å². The molecule has 1 N–H and O–H groups in total. The number of fused-ring (bicyclic) bond motifs is 5. The highest BCUT2D eigenvalue weighted by Crippen LogP contribution is 2.39. The van der Waals surface area contributed by atoms with Crippen LogP contribution in [0.1, 0.15) is 31.2 Å². The van der Waals surface area contributed by atoms with Crippen molar-refractivity contribution in [3.63, 3.8) is 0 Å². The molecule has 3 aliphatic rings. The van der Waals surface area contributed by atoms with E-state index in [1.807, 2.05) is 12.3 Å². The molecular formula is C23H23N5O3. The summed E-state index contributed by atoms with van der Waals surface area (Å²) in [6.07, 6.45) is 8.19. The van der Waals surface area contributed by atoms with Crippen molar-refractivity contribution in [2.45, 2.75) is 50.5 Å². The molecule has 2 fully saturated rings. The SMILES string of the molecule is COc1cc(-c2ccc3c(c2)COc2nc(OC4C[C@H]5CC[C@@H](C4)N5)ncc2-3)cnn1. The molecular weight excluding hydrogens is 394 g/mol. The largest absolute Gasteiger partial charge is 0.480 e. The van der Waals surface area contributed by atoms with Gasteiger partial charge in [0, 0.05) is 29.9 Å². The van der Waals surface area contributed by atoms with Gasteiger partial charge in [-0.05, 0) is 48.4 Å². The maximum Gasteiger partial charge on any atom is 0.319 e. The molecule has 3 aliphatic heterocycles. The van der Waals surface area contributed by atoms with Crippen LogP contribution in [-0.2, 0) is 6.61 Å². The summed E-state index contributed by atoms with van der Waals surface area (Å²) in [7, 11) is 1.58. The van der Waals surface area contributed by atoms with Gasteiger partial charge in [0.25, 0.3) is 0 Å². The molecule has 8 heteroatoms. The van der Waals surface area contributed by atoms with Gasteiger partial charge in [-0.15, -0.1) is 5.10 Å². The number of ether oxygens (including phenoxy) is 3. The molecule has 0 saturated carbocycles. The summed E-state index contributed by atoms with van der Waals surface area (Å²) in [4.78, 5) is 9.06. The topological polar surface area (TPSA) is 91.3 Å². The number of aromatic nitrogens is 4. The summed E-state index contributed by atoms with van der Waals surface area (Å²) in [5.41, 5.74) is 5.01. The summed E-state index contributed by atoms with van der Waals surface area (Å²) in [5, 5.41) is 11.6. The third-order valence-corrected chi connectivity index (χ3v) is 6.37. The number of nitrogens with zero attached hydrogens (tertiary/aromatic N) is 4. The van der Waals surface area contributed by atoms with Gasteiger partial charge in [-0.1, -0.05) is 12.1 Å². The predicted molar refractivity (Wildman–Crippen MR) is 113 cm³/mol. The van der Waals surface area contributed by atoms with E-state index in [-0.39, 0.29) is 6.10 Å². The molecule has 3 aromatic rings. The summed E-state index contributed by atoms with van der Waals surface area (Å²) in [5.74, 6) is 1.06. The Labute approximate surface area is 180 Å². The molecule has 6 rings (SSSR count). The summed E-state index contributed by atoms with van der Waals surface area (Å²) in [6.45, 7) is 0.444. The van der Waals surface area contributed by atoms with E-state index in [0.717, 1.165) is 40.7 Å². The molecule has 8 nitrogen and oxygen atoms in total. The van der Waals surface area contributed by atoms with Crippen molar-refractivity contribution in [1.82, 2.24) is 25.5 Å². The van der Waals surface area contributed by atoms with Gasteiger partial charge in [0.2, 0.25) is 11.8 Å². The van der Waals surface area contributed by atoms with E-state index in [2.05, 4.69) is 43.7 Å². The Morgan fingerprint density at radius 2 is 1.90 bits per heavy atom. The fourth-order valence-electron chi connectivity index (χ4n) is 4.86. The minimum atomic E-state index is 0.168. The highest BCUT2D eigenvalue weighted by atomic mass is 16.5. The Bertz CT molecular complexity index is 1130. The van der Waals surface area contributed by atoms with Crippen LogP contribution in [0.5, 0.6) is 17.8 Å². The second-order valence-corrected chi connectivity index (χ2v) is 8.37. The van der Waals surface area contributed by atoms with E-state index < -0.39 is 0 Å². The number of hydrogen-bond acceptors (Lipinski definition) is 8. The molecule has 0 radical (unpaired) electrons. The second-order valence-electron chi connectivity index (χ2n) is 8.37. The van der Waals surface area contributed by atoms with Crippen molar-refractivity contribution in [3.05, 3.63) is 42.2 Å². The molecule has 0 spiro atoms. The van der Waals surface area contributed by atoms with Gasteiger partial charge in [0.05, 0.1) is 18.9 Å². The van der Waals surface area contributed by atoms with Crippen molar-refractivity contribution in [2.24, 2.45) is 0 Å². The minimum Gasteiger partial charge on any atom is -0.480 e. The van der Waals surface area contributed by atoms with E-state index in [1.54, 1.807) is 13.3 Å². The van der Waals surface area contributed by atoms with Gasteiger partial charge in [-0.3, -0.25) is 0 Å². The van der Waals surface area contributed by atoms with Crippen molar-refractivity contribution < 1.29 is 14.2 Å². The number of methoxy groups -OCH3 is 1. The van der Waals surface area contributed by atoms with Gasteiger partial charge < -0.3 is 19.5 Å². The van der Waals surface area contributed by atoms with Crippen LogP contribution < -0.4 is 19.5 Å². The van der Waals surface area contributed by atoms with Gasteiger partial charge >= 0.3 is 6.01 Å². The second kappa shape index (κ2) is 7.46. The molecule has 1 unspecified atom stereocenters. The summed E-state index contributed by atoms with van der Waals surface area (Å²) < 4.78 is 17.3. The first kappa shape index (κ1) is 18.5. The fraction of sp³-hybridized carbons (Fsp3) is 0.391. The first-order chi connectivity index (χ1) is 15.2. The Morgan fingerprint density at radius 1 is 1.03 bits per heavy atom. The van der Waals surface area contributed by atoms with Gasteiger partial charge in [-0.25, -0.2) is 4.98 Å². The number of hydrogen-bond donors (Lipinski definition) is 1. The van der Waals surface area contributed by atoms with Gasteiger partial charge in [0.15, 0.2) is 0 Å². The molecule has 2 saturated heterocycles. The predicted octanol–water partition coefficient (Wildman–Crippen LogP) is 3.16. The lowest BCUT2D eigenvalue weighted by atomic mass is 9.96. The Morgan fingerprint density at radius 3 is 2.74 bits per heavy atom. The van der Waals surface area contributed by atoms with E-state index in [4.69, 9.17) is 14.2 Å². The molecule has 0 aliphatic carbocycles. The van der Waals surface area contributed by atoms with Crippen molar-refractivity contribution >= 4 is 0 Å². The highest BCUT2D eigenvalue weighted by Gasteiger charge is 2.35. The van der Waals surface area contributed by atoms with Crippen LogP contribution in [0.25, 0.3) is 22.3 Å². The Kier molecular flexibility index (Phi) is 4.45. The van der Waals surface area contributed by atoms with Crippen LogP contribution in [0.4, 0.5) is 0 Å². The minimum absolute atomic E-state index is 0.168. The van der Waals surface area contributed by atoms with Crippen molar-refractivity contribution in [1.29, 1.82) is 0 Å². The number of benzene rings is 1. The van der Waals surface area contributed by atoms with Crippen LogP contribution in [0.15, 0.2) is 36.7 Å². The molecule has 3 atom stereocenters. The Hall–Kier alpha value is -3.26. The fourth-order valence-corrected chi connectivity index (χ4v) is 4.86.